The van der Waals surface area contributed by atoms with E-state index >= 15 is 0 Å². The van der Waals surface area contributed by atoms with Crippen LogP contribution in [0.25, 0.3) is 0 Å². The molecule has 5 heteroatoms. The van der Waals surface area contributed by atoms with Gasteiger partial charge in [-0.1, -0.05) is 20.3 Å². The third-order valence-electron chi connectivity index (χ3n) is 2.14. The second-order valence-electron chi connectivity index (χ2n) is 3.75. The first-order chi connectivity index (χ1) is 7.63. The average molecular weight is 224 g/mol. The lowest BCUT2D eigenvalue weighted by atomic mass is 10.1. The second-order valence-corrected chi connectivity index (χ2v) is 3.75. The van der Waals surface area contributed by atoms with Crippen LogP contribution in [-0.2, 0) is 0 Å². The maximum atomic E-state index is 10.5. The van der Waals surface area contributed by atoms with Crippen molar-refractivity contribution in [2.45, 2.75) is 26.7 Å². The number of carboxylic acid groups (broad SMARTS) is 1. The van der Waals surface area contributed by atoms with Crippen LogP contribution in [0.4, 0.5) is 0 Å². The summed E-state index contributed by atoms with van der Waals surface area (Å²) in [5, 5.41) is 8.62. The SMILES string of the molecule is CCCC(C)COc1cnc(C(=O)O)cn1. The Bertz CT molecular complexity index is 338. The number of carbonyl (C=O) groups is 1. The van der Waals surface area contributed by atoms with Crippen LogP contribution in [0.1, 0.15) is 37.2 Å². The summed E-state index contributed by atoms with van der Waals surface area (Å²) in [6.45, 7) is 4.80. The molecule has 1 aromatic rings. The molecule has 0 aliphatic carbocycles. The maximum absolute atomic E-state index is 10.5. The molecular weight excluding hydrogens is 208 g/mol. The van der Waals surface area contributed by atoms with E-state index in [0.717, 1.165) is 12.8 Å². The average Bonchev–Trinajstić information content (AvgIpc) is 2.27. The van der Waals surface area contributed by atoms with E-state index in [9.17, 15) is 4.79 Å². The predicted molar refractivity (Wildman–Crippen MR) is 58.6 cm³/mol. The van der Waals surface area contributed by atoms with Gasteiger partial charge >= 0.3 is 5.97 Å². The van der Waals surface area contributed by atoms with E-state index in [0.29, 0.717) is 18.4 Å². The fourth-order valence-electron chi connectivity index (χ4n) is 1.30. The number of nitrogens with zero attached hydrogens (tertiary/aromatic N) is 2. The predicted octanol–water partition coefficient (Wildman–Crippen LogP) is 1.99. The zero-order valence-electron chi connectivity index (χ0n) is 9.51. The largest absolute Gasteiger partial charge is 0.476 e. The molecule has 0 fully saturated rings. The molecule has 0 saturated carbocycles. The highest BCUT2D eigenvalue weighted by atomic mass is 16.5. The fraction of sp³-hybridized carbons (Fsp3) is 0.545. The molecule has 0 bridgehead atoms. The van der Waals surface area contributed by atoms with E-state index in [-0.39, 0.29) is 5.69 Å². The Labute approximate surface area is 94.5 Å². The van der Waals surface area contributed by atoms with Crippen molar-refractivity contribution < 1.29 is 14.6 Å². The molecular formula is C11H16N2O3. The minimum Gasteiger partial charge on any atom is -0.476 e. The first kappa shape index (κ1) is 12.4. The molecule has 1 aromatic heterocycles. The van der Waals surface area contributed by atoms with Crippen molar-refractivity contribution in [3.05, 3.63) is 18.1 Å². The molecule has 1 N–H and O–H groups in total. The summed E-state index contributed by atoms with van der Waals surface area (Å²) in [5.74, 6) is -0.252. The van der Waals surface area contributed by atoms with Crippen LogP contribution < -0.4 is 4.74 Å². The number of aromatic nitrogens is 2. The normalized spacial score (nSPS) is 12.1. The summed E-state index contributed by atoms with van der Waals surface area (Å²) in [6, 6.07) is 0. The van der Waals surface area contributed by atoms with Gasteiger partial charge in [0.15, 0.2) is 5.69 Å². The Hall–Kier alpha value is -1.65. The Kier molecular flexibility index (Phi) is 4.69. The smallest absolute Gasteiger partial charge is 0.356 e. The van der Waals surface area contributed by atoms with Crippen LogP contribution in [-0.4, -0.2) is 27.7 Å². The highest BCUT2D eigenvalue weighted by Crippen LogP contribution is 2.09. The maximum Gasteiger partial charge on any atom is 0.356 e. The first-order valence-electron chi connectivity index (χ1n) is 5.31. The third kappa shape index (κ3) is 3.84. The summed E-state index contributed by atoms with van der Waals surface area (Å²) in [4.78, 5) is 18.1. The second kappa shape index (κ2) is 6.05. The fourth-order valence-corrected chi connectivity index (χ4v) is 1.30. The van der Waals surface area contributed by atoms with E-state index in [4.69, 9.17) is 9.84 Å². The Balaban J connectivity index is 2.46. The van der Waals surface area contributed by atoms with Crippen LogP contribution in [0.3, 0.4) is 0 Å². The van der Waals surface area contributed by atoms with E-state index < -0.39 is 5.97 Å². The monoisotopic (exact) mass is 224 g/mol. The van der Waals surface area contributed by atoms with E-state index in [1.54, 1.807) is 0 Å². The Morgan fingerprint density at radius 2 is 2.25 bits per heavy atom. The number of hydrogen-bond acceptors (Lipinski definition) is 4. The lowest BCUT2D eigenvalue weighted by Crippen LogP contribution is -2.10. The number of rotatable bonds is 6. The van der Waals surface area contributed by atoms with Gasteiger partial charge in [-0.05, 0) is 12.3 Å². The van der Waals surface area contributed by atoms with Crippen molar-refractivity contribution in [3.63, 3.8) is 0 Å². The quantitative estimate of drug-likeness (QED) is 0.800. The zero-order valence-corrected chi connectivity index (χ0v) is 9.51. The summed E-state index contributed by atoms with van der Waals surface area (Å²) in [7, 11) is 0. The number of hydrogen-bond donors (Lipinski definition) is 1. The minimum atomic E-state index is -1.08. The highest BCUT2D eigenvalue weighted by Gasteiger charge is 2.06. The Morgan fingerprint density at radius 1 is 1.50 bits per heavy atom. The van der Waals surface area contributed by atoms with Gasteiger partial charge in [0.05, 0.1) is 19.0 Å². The van der Waals surface area contributed by atoms with Crippen molar-refractivity contribution in [1.29, 1.82) is 0 Å². The molecule has 1 atom stereocenters. The molecule has 16 heavy (non-hydrogen) atoms. The summed E-state index contributed by atoms with van der Waals surface area (Å²) >= 11 is 0. The van der Waals surface area contributed by atoms with Gasteiger partial charge < -0.3 is 9.84 Å². The molecule has 0 saturated heterocycles. The number of ether oxygens (including phenoxy) is 1. The van der Waals surface area contributed by atoms with Crippen LogP contribution in [0, 0.1) is 5.92 Å². The molecule has 0 aliphatic heterocycles. The number of aromatic carboxylic acids is 1. The van der Waals surface area contributed by atoms with E-state index in [2.05, 4.69) is 23.8 Å². The van der Waals surface area contributed by atoms with Crippen molar-refractivity contribution in [2.75, 3.05) is 6.61 Å². The van der Waals surface area contributed by atoms with Crippen LogP contribution >= 0.6 is 0 Å². The molecule has 1 rings (SSSR count). The topological polar surface area (TPSA) is 72.3 Å². The first-order valence-corrected chi connectivity index (χ1v) is 5.31. The third-order valence-corrected chi connectivity index (χ3v) is 2.14. The summed E-state index contributed by atoms with van der Waals surface area (Å²) in [6.07, 6.45) is 4.75. The van der Waals surface area contributed by atoms with Crippen LogP contribution in [0.5, 0.6) is 5.88 Å². The van der Waals surface area contributed by atoms with Gasteiger partial charge in [-0.3, -0.25) is 0 Å². The Morgan fingerprint density at radius 3 is 2.75 bits per heavy atom. The van der Waals surface area contributed by atoms with Gasteiger partial charge in [0.25, 0.3) is 0 Å². The molecule has 1 heterocycles. The van der Waals surface area contributed by atoms with Gasteiger partial charge in [-0.25, -0.2) is 14.8 Å². The molecule has 0 aliphatic rings. The molecule has 0 aromatic carbocycles. The molecule has 5 nitrogen and oxygen atoms in total. The van der Waals surface area contributed by atoms with Gasteiger partial charge in [-0.15, -0.1) is 0 Å². The van der Waals surface area contributed by atoms with Crippen molar-refractivity contribution >= 4 is 5.97 Å². The lowest BCUT2D eigenvalue weighted by molar-refractivity contribution is 0.0689. The van der Waals surface area contributed by atoms with Crippen LogP contribution in [0.15, 0.2) is 12.4 Å². The van der Waals surface area contributed by atoms with Crippen molar-refractivity contribution in [1.82, 2.24) is 9.97 Å². The van der Waals surface area contributed by atoms with Gasteiger partial charge in [0.1, 0.15) is 0 Å². The summed E-state index contributed by atoms with van der Waals surface area (Å²) in [5.41, 5.74) is -0.0750. The van der Waals surface area contributed by atoms with Crippen molar-refractivity contribution in [2.24, 2.45) is 5.92 Å². The van der Waals surface area contributed by atoms with E-state index in [1.165, 1.54) is 12.4 Å². The summed E-state index contributed by atoms with van der Waals surface area (Å²) < 4.78 is 5.39. The molecule has 88 valence electrons. The zero-order chi connectivity index (χ0) is 12.0. The van der Waals surface area contributed by atoms with Crippen molar-refractivity contribution in [3.8, 4) is 5.88 Å². The van der Waals surface area contributed by atoms with Gasteiger partial charge in [0, 0.05) is 0 Å². The molecule has 0 spiro atoms. The van der Waals surface area contributed by atoms with Gasteiger partial charge in [0.2, 0.25) is 5.88 Å². The standard InChI is InChI=1S/C11H16N2O3/c1-3-4-8(2)7-16-10-6-12-9(5-13-10)11(14)15/h5-6,8H,3-4,7H2,1-2H3,(H,14,15). The van der Waals surface area contributed by atoms with E-state index in [1.807, 2.05) is 0 Å². The molecule has 0 radical (unpaired) electrons. The van der Waals surface area contributed by atoms with Crippen LogP contribution in [0.2, 0.25) is 0 Å². The molecule has 0 amide bonds. The van der Waals surface area contributed by atoms with Gasteiger partial charge in [-0.2, -0.15) is 0 Å². The highest BCUT2D eigenvalue weighted by molar-refractivity contribution is 5.84. The molecule has 1 unspecified atom stereocenters. The minimum absolute atomic E-state index is 0.0750. The lowest BCUT2D eigenvalue weighted by Gasteiger charge is -2.10. The number of carboxylic acids is 1.